The Kier molecular flexibility index (Phi) is 5.08. The van der Waals surface area contributed by atoms with Crippen molar-refractivity contribution >= 4 is 5.91 Å². The minimum atomic E-state index is -0.749. The molecule has 2 N–H and O–H groups in total. The first kappa shape index (κ1) is 13.4. The van der Waals surface area contributed by atoms with E-state index in [1.807, 2.05) is 6.92 Å². The van der Waals surface area contributed by atoms with Crippen molar-refractivity contribution in [3.05, 3.63) is 0 Å². The molecule has 0 saturated carbocycles. The molecule has 0 aliphatic heterocycles. The van der Waals surface area contributed by atoms with Gasteiger partial charge in [-0.05, 0) is 20.8 Å². The molecule has 0 aliphatic carbocycles. The lowest BCUT2D eigenvalue weighted by molar-refractivity contribution is -0.128. The van der Waals surface area contributed by atoms with E-state index in [1.165, 1.54) is 0 Å². The summed E-state index contributed by atoms with van der Waals surface area (Å²) in [5, 5.41) is 12.7. The van der Waals surface area contributed by atoms with Gasteiger partial charge in [0.15, 0.2) is 0 Å². The molecule has 1 amide bonds. The van der Waals surface area contributed by atoms with Gasteiger partial charge in [0.25, 0.3) is 0 Å². The second-order valence-corrected chi connectivity index (χ2v) is 4.37. The van der Waals surface area contributed by atoms with E-state index in [0.29, 0.717) is 13.0 Å². The van der Waals surface area contributed by atoms with Crippen molar-refractivity contribution in [2.75, 3.05) is 20.6 Å². The third-order valence-electron chi connectivity index (χ3n) is 2.35. The summed E-state index contributed by atoms with van der Waals surface area (Å²) >= 11 is 0. The van der Waals surface area contributed by atoms with Gasteiger partial charge in [-0.15, -0.1) is 0 Å². The van der Waals surface area contributed by atoms with Gasteiger partial charge in [-0.25, -0.2) is 0 Å². The first-order valence-corrected chi connectivity index (χ1v) is 4.91. The molecule has 14 heavy (non-hydrogen) atoms. The van der Waals surface area contributed by atoms with Gasteiger partial charge in [0.05, 0.1) is 5.60 Å². The summed E-state index contributed by atoms with van der Waals surface area (Å²) < 4.78 is 0. The molecule has 0 fully saturated rings. The molecule has 1 atom stereocenters. The van der Waals surface area contributed by atoms with Crippen molar-refractivity contribution in [2.24, 2.45) is 0 Å². The highest BCUT2D eigenvalue weighted by molar-refractivity contribution is 5.75. The summed E-state index contributed by atoms with van der Waals surface area (Å²) in [6.45, 7) is 6.00. The predicted octanol–water partition coefficient (Wildman–Crippen LogP) is 0.214. The number of nitrogens with zero attached hydrogens (tertiary/aromatic N) is 1. The Morgan fingerprint density at radius 3 is 2.36 bits per heavy atom. The lowest BCUT2D eigenvalue weighted by Gasteiger charge is -2.26. The number of rotatable bonds is 5. The SMILES string of the molecule is CC(NCCC(=O)N(C)C)C(C)(C)O. The molecule has 0 rings (SSSR count). The van der Waals surface area contributed by atoms with Crippen molar-refractivity contribution in [3.8, 4) is 0 Å². The highest BCUT2D eigenvalue weighted by Crippen LogP contribution is 2.06. The Bertz CT molecular complexity index is 185. The number of hydrogen-bond acceptors (Lipinski definition) is 3. The molecule has 0 heterocycles. The Hall–Kier alpha value is -0.610. The van der Waals surface area contributed by atoms with E-state index in [0.717, 1.165) is 0 Å². The zero-order chi connectivity index (χ0) is 11.4. The van der Waals surface area contributed by atoms with Crippen LogP contribution in [0.15, 0.2) is 0 Å². The Balaban J connectivity index is 3.70. The normalized spacial score (nSPS) is 13.9. The van der Waals surface area contributed by atoms with Gasteiger partial charge in [-0.3, -0.25) is 4.79 Å². The van der Waals surface area contributed by atoms with Gasteiger partial charge >= 0.3 is 0 Å². The van der Waals surface area contributed by atoms with Gasteiger partial charge in [-0.2, -0.15) is 0 Å². The van der Waals surface area contributed by atoms with Crippen molar-refractivity contribution in [2.45, 2.75) is 38.8 Å². The van der Waals surface area contributed by atoms with Crippen LogP contribution < -0.4 is 5.32 Å². The number of carbonyl (C=O) groups is 1. The summed E-state index contributed by atoms with van der Waals surface area (Å²) in [7, 11) is 3.48. The van der Waals surface area contributed by atoms with E-state index in [4.69, 9.17) is 0 Å². The van der Waals surface area contributed by atoms with Crippen molar-refractivity contribution < 1.29 is 9.90 Å². The first-order chi connectivity index (χ1) is 6.25. The maximum Gasteiger partial charge on any atom is 0.223 e. The van der Waals surface area contributed by atoms with E-state index in [-0.39, 0.29) is 11.9 Å². The highest BCUT2D eigenvalue weighted by atomic mass is 16.3. The van der Waals surface area contributed by atoms with Crippen LogP contribution in [0.1, 0.15) is 27.2 Å². The summed E-state index contributed by atoms with van der Waals surface area (Å²) in [5.41, 5.74) is -0.749. The minimum absolute atomic E-state index is 0.0162. The fourth-order valence-corrected chi connectivity index (χ4v) is 0.869. The molecule has 0 spiro atoms. The van der Waals surface area contributed by atoms with Gasteiger partial charge in [0, 0.05) is 33.1 Å². The molecule has 0 saturated heterocycles. The molecule has 0 radical (unpaired) electrons. The zero-order valence-electron chi connectivity index (χ0n) is 9.79. The molecule has 0 aromatic carbocycles. The molecule has 4 heteroatoms. The van der Waals surface area contributed by atoms with Crippen molar-refractivity contribution in [1.82, 2.24) is 10.2 Å². The largest absolute Gasteiger partial charge is 0.389 e. The zero-order valence-corrected chi connectivity index (χ0v) is 9.79. The van der Waals surface area contributed by atoms with Crippen LogP contribution in [0, 0.1) is 0 Å². The van der Waals surface area contributed by atoms with Gasteiger partial charge < -0.3 is 15.3 Å². The fraction of sp³-hybridized carbons (Fsp3) is 0.900. The standard InChI is InChI=1S/C10H22N2O2/c1-8(10(2,3)14)11-7-6-9(13)12(4)5/h8,11,14H,6-7H2,1-5H3. The van der Waals surface area contributed by atoms with Crippen molar-refractivity contribution in [3.63, 3.8) is 0 Å². The second kappa shape index (κ2) is 5.32. The first-order valence-electron chi connectivity index (χ1n) is 4.91. The molecular weight excluding hydrogens is 180 g/mol. The van der Waals surface area contributed by atoms with E-state index >= 15 is 0 Å². The molecule has 1 unspecified atom stereocenters. The van der Waals surface area contributed by atoms with Crippen LogP contribution in [0.3, 0.4) is 0 Å². The average Bonchev–Trinajstić information content (AvgIpc) is 2.01. The van der Waals surface area contributed by atoms with Crippen LogP contribution in [0.25, 0.3) is 0 Å². The summed E-state index contributed by atoms with van der Waals surface area (Å²) in [6.07, 6.45) is 0.466. The Labute approximate surface area is 86.3 Å². The molecule has 0 bridgehead atoms. The Morgan fingerprint density at radius 2 is 2.00 bits per heavy atom. The molecule has 4 nitrogen and oxygen atoms in total. The summed E-state index contributed by atoms with van der Waals surface area (Å²) in [4.78, 5) is 12.8. The van der Waals surface area contributed by atoms with Crippen molar-refractivity contribution in [1.29, 1.82) is 0 Å². The third kappa shape index (κ3) is 5.19. The maximum atomic E-state index is 11.2. The Morgan fingerprint density at radius 1 is 1.50 bits per heavy atom. The number of carbonyl (C=O) groups excluding carboxylic acids is 1. The molecule has 84 valence electrons. The fourth-order valence-electron chi connectivity index (χ4n) is 0.869. The molecule has 0 aromatic rings. The maximum absolute atomic E-state index is 11.2. The number of aliphatic hydroxyl groups is 1. The van der Waals surface area contributed by atoms with Crippen LogP contribution in [-0.4, -0.2) is 48.2 Å². The predicted molar refractivity (Wildman–Crippen MR) is 57.1 cm³/mol. The van der Waals surface area contributed by atoms with Gasteiger partial charge in [0.2, 0.25) is 5.91 Å². The quantitative estimate of drug-likeness (QED) is 0.670. The molecule has 0 aromatic heterocycles. The number of hydrogen-bond donors (Lipinski definition) is 2. The highest BCUT2D eigenvalue weighted by Gasteiger charge is 2.21. The lowest BCUT2D eigenvalue weighted by Crippen LogP contribution is -2.45. The molecule has 0 aliphatic rings. The topological polar surface area (TPSA) is 52.6 Å². The van der Waals surface area contributed by atoms with E-state index in [1.54, 1.807) is 32.8 Å². The number of nitrogens with one attached hydrogen (secondary N) is 1. The van der Waals surface area contributed by atoms with Gasteiger partial charge in [0.1, 0.15) is 0 Å². The van der Waals surface area contributed by atoms with E-state index < -0.39 is 5.60 Å². The van der Waals surface area contributed by atoms with Crippen LogP contribution in [0.5, 0.6) is 0 Å². The smallest absolute Gasteiger partial charge is 0.223 e. The van der Waals surface area contributed by atoms with Crippen LogP contribution in [-0.2, 0) is 4.79 Å². The van der Waals surface area contributed by atoms with Crippen LogP contribution in [0.2, 0.25) is 0 Å². The van der Waals surface area contributed by atoms with Crippen LogP contribution in [0.4, 0.5) is 0 Å². The van der Waals surface area contributed by atoms with E-state index in [2.05, 4.69) is 5.32 Å². The van der Waals surface area contributed by atoms with Crippen LogP contribution >= 0.6 is 0 Å². The molecular formula is C10H22N2O2. The minimum Gasteiger partial charge on any atom is -0.389 e. The summed E-state index contributed by atoms with van der Waals surface area (Å²) in [5.74, 6) is 0.0976. The average molecular weight is 202 g/mol. The number of amides is 1. The van der Waals surface area contributed by atoms with Gasteiger partial charge in [-0.1, -0.05) is 0 Å². The van der Waals surface area contributed by atoms with E-state index in [9.17, 15) is 9.90 Å². The monoisotopic (exact) mass is 202 g/mol. The summed E-state index contributed by atoms with van der Waals surface area (Å²) in [6, 6.07) is -0.0162. The third-order valence-corrected chi connectivity index (χ3v) is 2.35. The lowest BCUT2D eigenvalue weighted by atomic mass is 10.0. The second-order valence-electron chi connectivity index (χ2n) is 4.37.